The highest BCUT2D eigenvalue weighted by molar-refractivity contribution is 4.91. The Bertz CT molecular complexity index is 464. The summed E-state index contributed by atoms with van der Waals surface area (Å²) in [6.07, 6.45) is -13.2. The van der Waals surface area contributed by atoms with Crippen molar-refractivity contribution < 1.29 is 54.7 Å². The van der Waals surface area contributed by atoms with Crippen LogP contribution >= 0.6 is 0 Å². The van der Waals surface area contributed by atoms with Crippen LogP contribution in [0, 0.1) is 5.92 Å². The van der Waals surface area contributed by atoms with Gasteiger partial charge in [0.05, 0.1) is 19.8 Å². The summed E-state index contributed by atoms with van der Waals surface area (Å²) in [5.41, 5.74) is 0. The van der Waals surface area contributed by atoms with Crippen LogP contribution in [0.4, 0.5) is 0 Å². The van der Waals surface area contributed by atoms with E-state index in [4.69, 9.17) is 18.9 Å². The molecule has 28 heavy (non-hydrogen) atoms. The van der Waals surface area contributed by atoms with Crippen LogP contribution in [0.25, 0.3) is 0 Å². The average Bonchev–Trinajstić information content (AvgIpc) is 2.70. The Hall–Kier alpha value is -0.440. The van der Waals surface area contributed by atoms with Crippen molar-refractivity contribution in [1.82, 2.24) is 0 Å². The molecule has 2 fully saturated rings. The number of aliphatic hydroxyl groups is 7. The minimum Gasteiger partial charge on any atom is -0.394 e. The number of rotatable bonds is 8. The number of aliphatic hydroxyl groups excluding tert-OH is 7. The van der Waals surface area contributed by atoms with Gasteiger partial charge >= 0.3 is 0 Å². The quantitative estimate of drug-likeness (QED) is 0.212. The molecule has 0 amide bonds. The first-order valence-electron chi connectivity index (χ1n) is 9.44. The molecule has 0 aromatic rings. The summed E-state index contributed by atoms with van der Waals surface area (Å²) in [6, 6.07) is 0. The average molecular weight is 412 g/mol. The highest BCUT2D eigenvalue weighted by Crippen LogP contribution is 2.26. The van der Waals surface area contributed by atoms with E-state index in [1.807, 2.05) is 13.8 Å². The zero-order chi connectivity index (χ0) is 21.0. The van der Waals surface area contributed by atoms with Crippen LogP contribution < -0.4 is 0 Å². The van der Waals surface area contributed by atoms with Crippen molar-refractivity contribution in [2.24, 2.45) is 5.92 Å². The van der Waals surface area contributed by atoms with E-state index in [2.05, 4.69) is 0 Å². The van der Waals surface area contributed by atoms with Gasteiger partial charge in [0, 0.05) is 0 Å². The third-order valence-corrected chi connectivity index (χ3v) is 5.18. The fourth-order valence-corrected chi connectivity index (χ4v) is 2.96. The Labute approximate surface area is 163 Å². The Morgan fingerprint density at radius 3 is 1.79 bits per heavy atom. The lowest BCUT2D eigenvalue weighted by Crippen LogP contribution is -2.61. The lowest BCUT2D eigenvalue weighted by atomic mass is 9.98. The summed E-state index contributed by atoms with van der Waals surface area (Å²) in [7, 11) is 0. The third kappa shape index (κ3) is 5.37. The van der Waals surface area contributed by atoms with Crippen molar-refractivity contribution in [3.05, 3.63) is 0 Å². The van der Waals surface area contributed by atoms with Crippen molar-refractivity contribution in [1.29, 1.82) is 0 Å². The Morgan fingerprint density at radius 1 is 0.750 bits per heavy atom. The van der Waals surface area contributed by atoms with Crippen molar-refractivity contribution in [3.63, 3.8) is 0 Å². The second kappa shape index (κ2) is 10.5. The van der Waals surface area contributed by atoms with Crippen molar-refractivity contribution in [3.8, 4) is 0 Å². The second-order valence-corrected chi connectivity index (χ2v) is 7.39. The van der Waals surface area contributed by atoms with E-state index in [0.29, 0.717) is 0 Å². The van der Waals surface area contributed by atoms with Gasteiger partial charge in [0.2, 0.25) is 0 Å². The van der Waals surface area contributed by atoms with E-state index in [9.17, 15) is 35.7 Å². The highest BCUT2D eigenvalue weighted by atomic mass is 16.7. The topological polar surface area (TPSA) is 179 Å². The lowest BCUT2D eigenvalue weighted by molar-refractivity contribution is -0.331. The van der Waals surface area contributed by atoms with Crippen LogP contribution in [0.1, 0.15) is 20.3 Å². The van der Waals surface area contributed by atoms with Crippen LogP contribution in [0.15, 0.2) is 0 Å². The van der Waals surface area contributed by atoms with E-state index in [-0.39, 0.29) is 19.1 Å². The molecule has 0 spiro atoms. The Balaban J connectivity index is 1.95. The molecule has 2 heterocycles. The Kier molecular flexibility index (Phi) is 8.98. The second-order valence-electron chi connectivity index (χ2n) is 7.39. The van der Waals surface area contributed by atoms with E-state index < -0.39 is 68.0 Å². The van der Waals surface area contributed by atoms with E-state index >= 15 is 0 Å². The van der Waals surface area contributed by atoms with Crippen LogP contribution in [0.2, 0.25) is 0 Å². The molecular formula is C17H32O11. The molecule has 0 aromatic heterocycles. The minimum absolute atomic E-state index is 0.198. The number of hydrogen-bond donors (Lipinski definition) is 7. The van der Waals surface area contributed by atoms with Crippen molar-refractivity contribution in [2.45, 2.75) is 81.7 Å². The predicted molar refractivity (Wildman–Crippen MR) is 91.8 cm³/mol. The number of ether oxygens (including phenoxy) is 4. The van der Waals surface area contributed by atoms with Gasteiger partial charge in [-0.05, 0) is 5.92 Å². The van der Waals surface area contributed by atoms with Gasteiger partial charge in [-0.3, -0.25) is 0 Å². The van der Waals surface area contributed by atoms with Gasteiger partial charge in [-0.25, -0.2) is 0 Å². The predicted octanol–water partition coefficient (Wildman–Crippen LogP) is -3.33. The maximum Gasteiger partial charge on any atom is 0.186 e. The van der Waals surface area contributed by atoms with Gasteiger partial charge in [-0.15, -0.1) is 0 Å². The normalized spacial score (nSPS) is 45.8. The zero-order valence-electron chi connectivity index (χ0n) is 15.9. The standard InChI is InChI=1S/C17H32O11/c1-3-7(2)5-25-16-15(24)13(22)11(20)9(28-16)6-26-17-14(23)12(21)10(19)8(4-18)27-17/h7-24H,3-6H2,1-2H3/t7?,8-,9-,10-,11-,12+,13+,14-,15-,16-,17-/m1/s1. The molecule has 1 unspecified atom stereocenters. The largest absolute Gasteiger partial charge is 0.394 e. The van der Waals surface area contributed by atoms with Gasteiger partial charge in [0.1, 0.15) is 48.8 Å². The lowest BCUT2D eigenvalue weighted by Gasteiger charge is -2.42. The van der Waals surface area contributed by atoms with Crippen LogP contribution in [-0.2, 0) is 18.9 Å². The molecule has 0 aromatic carbocycles. The van der Waals surface area contributed by atoms with Gasteiger partial charge in [-0.1, -0.05) is 20.3 Å². The molecule has 0 radical (unpaired) electrons. The monoisotopic (exact) mass is 412 g/mol. The molecule has 2 aliphatic heterocycles. The summed E-state index contributed by atoms with van der Waals surface area (Å²) in [5.74, 6) is 0.198. The van der Waals surface area contributed by atoms with E-state index in [0.717, 1.165) is 6.42 Å². The first-order valence-corrected chi connectivity index (χ1v) is 9.44. The van der Waals surface area contributed by atoms with E-state index in [1.165, 1.54) is 0 Å². The SMILES string of the molecule is CCC(C)CO[C@@H]1O[C@H](CO[C@@H]2O[C@H](CO)[C@@H](O)[C@H](O)[C@H]2O)[C@@H](O)[C@H](O)[C@H]1O. The molecule has 0 saturated carbocycles. The fourth-order valence-electron chi connectivity index (χ4n) is 2.96. The molecule has 11 nitrogen and oxygen atoms in total. The summed E-state index contributed by atoms with van der Waals surface area (Å²) >= 11 is 0. The molecule has 0 bridgehead atoms. The van der Waals surface area contributed by atoms with Crippen LogP contribution in [0.3, 0.4) is 0 Å². The van der Waals surface area contributed by atoms with Gasteiger partial charge in [0.15, 0.2) is 12.6 Å². The number of hydrogen-bond acceptors (Lipinski definition) is 11. The zero-order valence-corrected chi connectivity index (χ0v) is 15.9. The van der Waals surface area contributed by atoms with Crippen LogP contribution in [-0.4, -0.2) is 117 Å². The molecule has 0 aliphatic carbocycles. The van der Waals surface area contributed by atoms with Crippen LogP contribution in [0.5, 0.6) is 0 Å². The summed E-state index contributed by atoms with van der Waals surface area (Å²) in [5, 5.41) is 68.9. The molecule has 2 saturated heterocycles. The maximum atomic E-state index is 10.1. The summed E-state index contributed by atoms with van der Waals surface area (Å²) < 4.78 is 21.5. The highest BCUT2D eigenvalue weighted by Gasteiger charge is 2.47. The third-order valence-electron chi connectivity index (χ3n) is 5.18. The molecular weight excluding hydrogens is 380 g/mol. The first-order chi connectivity index (χ1) is 13.2. The smallest absolute Gasteiger partial charge is 0.186 e. The molecule has 11 atom stereocenters. The van der Waals surface area contributed by atoms with Gasteiger partial charge in [0.25, 0.3) is 0 Å². The maximum absolute atomic E-state index is 10.1. The summed E-state index contributed by atoms with van der Waals surface area (Å²) in [6.45, 7) is 3.21. The van der Waals surface area contributed by atoms with Crippen molar-refractivity contribution >= 4 is 0 Å². The minimum atomic E-state index is -1.61. The van der Waals surface area contributed by atoms with E-state index in [1.54, 1.807) is 0 Å². The van der Waals surface area contributed by atoms with Gasteiger partial charge in [-0.2, -0.15) is 0 Å². The summed E-state index contributed by atoms with van der Waals surface area (Å²) in [4.78, 5) is 0. The molecule has 166 valence electrons. The molecule has 2 aliphatic rings. The first kappa shape index (κ1) is 23.8. The molecule has 2 rings (SSSR count). The fraction of sp³-hybridized carbons (Fsp3) is 1.00. The van der Waals surface area contributed by atoms with Crippen molar-refractivity contribution in [2.75, 3.05) is 19.8 Å². The van der Waals surface area contributed by atoms with Gasteiger partial charge < -0.3 is 54.7 Å². The molecule has 7 N–H and O–H groups in total. The molecule has 11 heteroatoms. The Morgan fingerprint density at radius 2 is 1.25 bits per heavy atom.